The van der Waals surface area contributed by atoms with Crippen LogP contribution in [0.2, 0.25) is 16.6 Å². The molecule has 0 fully saturated rings. The number of hydrogen-bond donors (Lipinski definition) is 0. The zero-order chi connectivity index (χ0) is 17.1. The molecule has 0 amide bonds. The molecule has 0 heterocycles. The van der Waals surface area contributed by atoms with Crippen LogP contribution in [0.15, 0.2) is 23.1 Å². The number of esters is 1. The second-order valence-corrected chi connectivity index (χ2v) is 15.5. The van der Waals surface area contributed by atoms with Crippen LogP contribution < -0.4 is 0 Å². The minimum atomic E-state index is -1.67. The van der Waals surface area contributed by atoms with Crippen molar-refractivity contribution in [1.82, 2.24) is 0 Å². The van der Waals surface area contributed by atoms with Gasteiger partial charge in [-0.15, -0.1) is 11.2 Å². The van der Waals surface area contributed by atoms with E-state index in [2.05, 4.69) is 53.7 Å². The SMILES string of the molecule is COC(=O)c1cc(C)ccc1S[Si](C(C)C)(C(C)C)C(C)C. The first-order valence-corrected chi connectivity index (χ1v) is 11.8. The molecule has 0 saturated heterocycles. The predicted molar refractivity (Wildman–Crippen MR) is 99.4 cm³/mol. The highest BCUT2D eigenvalue weighted by molar-refractivity contribution is 8.29. The molecule has 2 nitrogen and oxygen atoms in total. The summed E-state index contributed by atoms with van der Waals surface area (Å²) < 4.78 is 4.99. The highest BCUT2D eigenvalue weighted by Crippen LogP contribution is 2.52. The molecule has 1 rings (SSSR count). The van der Waals surface area contributed by atoms with Crippen LogP contribution >= 0.6 is 11.2 Å². The van der Waals surface area contributed by atoms with E-state index >= 15 is 0 Å². The second-order valence-electron chi connectivity index (χ2n) is 6.91. The van der Waals surface area contributed by atoms with Crippen molar-refractivity contribution < 1.29 is 9.53 Å². The number of hydrogen-bond acceptors (Lipinski definition) is 3. The van der Waals surface area contributed by atoms with Crippen molar-refractivity contribution in [2.45, 2.75) is 70.0 Å². The van der Waals surface area contributed by atoms with Gasteiger partial charge >= 0.3 is 5.97 Å². The smallest absolute Gasteiger partial charge is 0.338 e. The van der Waals surface area contributed by atoms with E-state index in [1.165, 1.54) is 7.11 Å². The summed E-state index contributed by atoms with van der Waals surface area (Å²) in [4.78, 5) is 13.2. The Hall–Kier alpha value is -0.743. The third kappa shape index (κ3) is 3.77. The molecule has 1 aromatic rings. The molecule has 1 aromatic carbocycles. The van der Waals surface area contributed by atoms with Gasteiger partial charge in [-0.1, -0.05) is 53.2 Å². The largest absolute Gasteiger partial charge is 0.465 e. The van der Waals surface area contributed by atoms with Crippen molar-refractivity contribution >= 4 is 24.4 Å². The fraction of sp³-hybridized carbons (Fsp3) is 0.611. The maximum atomic E-state index is 12.2. The zero-order valence-corrected chi connectivity index (χ0v) is 17.0. The van der Waals surface area contributed by atoms with Crippen molar-refractivity contribution in [2.75, 3.05) is 7.11 Å². The van der Waals surface area contributed by atoms with Crippen molar-refractivity contribution in [1.29, 1.82) is 0 Å². The molecule has 0 aliphatic heterocycles. The maximum absolute atomic E-state index is 12.2. The number of methoxy groups -OCH3 is 1. The molecule has 0 bridgehead atoms. The Morgan fingerprint density at radius 2 is 1.55 bits per heavy atom. The first-order chi connectivity index (χ1) is 10.2. The Labute approximate surface area is 140 Å². The van der Waals surface area contributed by atoms with Crippen LogP contribution in [0.25, 0.3) is 0 Å². The molecule has 0 saturated carbocycles. The molecule has 0 radical (unpaired) electrons. The van der Waals surface area contributed by atoms with E-state index in [-0.39, 0.29) is 5.97 Å². The molecular formula is C18H30O2SSi. The summed E-state index contributed by atoms with van der Waals surface area (Å²) in [7, 11) is -0.211. The van der Waals surface area contributed by atoms with E-state index < -0.39 is 7.22 Å². The molecule has 124 valence electrons. The molecule has 0 unspecified atom stereocenters. The van der Waals surface area contributed by atoms with Gasteiger partial charge in [-0.05, 0) is 35.7 Å². The second kappa shape index (κ2) is 7.69. The van der Waals surface area contributed by atoms with Gasteiger partial charge in [-0.2, -0.15) is 0 Å². The van der Waals surface area contributed by atoms with Gasteiger partial charge in [0.15, 0.2) is 0 Å². The lowest BCUT2D eigenvalue weighted by Crippen LogP contribution is -2.41. The Balaban J connectivity index is 3.39. The highest BCUT2D eigenvalue weighted by atomic mass is 32.4. The number of rotatable bonds is 6. The third-order valence-corrected chi connectivity index (χ3v) is 16.8. The monoisotopic (exact) mass is 338 g/mol. The van der Waals surface area contributed by atoms with Crippen LogP contribution in [0.1, 0.15) is 57.5 Å². The van der Waals surface area contributed by atoms with Crippen LogP contribution in [0, 0.1) is 6.92 Å². The minimum absolute atomic E-state index is 0.231. The van der Waals surface area contributed by atoms with Gasteiger partial charge in [0.25, 0.3) is 0 Å². The maximum Gasteiger partial charge on any atom is 0.338 e. The summed E-state index contributed by atoms with van der Waals surface area (Å²) in [5, 5.41) is 0. The Kier molecular flexibility index (Phi) is 6.75. The van der Waals surface area contributed by atoms with Gasteiger partial charge in [0, 0.05) is 4.90 Å². The minimum Gasteiger partial charge on any atom is -0.465 e. The summed E-state index contributed by atoms with van der Waals surface area (Å²) in [6.07, 6.45) is 0. The van der Waals surface area contributed by atoms with Gasteiger partial charge < -0.3 is 4.74 Å². The van der Waals surface area contributed by atoms with E-state index in [1.54, 1.807) is 0 Å². The summed E-state index contributed by atoms with van der Waals surface area (Å²) >= 11 is 1.98. The van der Waals surface area contributed by atoms with Crippen LogP contribution in [-0.2, 0) is 4.74 Å². The molecule has 4 heteroatoms. The van der Waals surface area contributed by atoms with E-state index in [1.807, 2.05) is 24.2 Å². The highest BCUT2D eigenvalue weighted by Gasteiger charge is 2.44. The van der Waals surface area contributed by atoms with Gasteiger partial charge in [-0.3, -0.25) is 0 Å². The zero-order valence-electron chi connectivity index (χ0n) is 15.2. The van der Waals surface area contributed by atoms with Crippen molar-refractivity contribution in [3.63, 3.8) is 0 Å². The molecule has 0 aliphatic rings. The quantitative estimate of drug-likeness (QED) is 0.466. The number of carbonyl (C=O) groups excluding carboxylic acids is 1. The fourth-order valence-electron chi connectivity index (χ4n) is 3.55. The van der Waals surface area contributed by atoms with Gasteiger partial charge in [-0.25, -0.2) is 4.79 Å². The summed E-state index contributed by atoms with van der Waals surface area (Å²) in [5.41, 5.74) is 3.74. The van der Waals surface area contributed by atoms with E-state index in [0.717, 1.165) is 10.5 Å². The number of aryl methyl sites for hydroxylation is 1. The standard InChI is InChI=1S/C18H30O2SSi/c1-12(2)22(13(3)4,14(5)6)21-17-10-9-15(7)11-16(17)18(19)20-8/h9-14H,1-8H3. The van der Waals surface area contributed by atoms with E-state index in [9.17, 15) is 4.79 Å². The predicted octanol–water partition coefficient (Wildman–Crippen LogP) is 6.05. The van der Waals surface area contributed by atoms with Crippen LogP contribution in [0.5, 0.6) is 0 Å². The lowest BCUT2D eigenvalue weighted by molar-refractivity contribution is 0.0596. The normalized spacial score (nSPS) is 12.3. The molecule has 0 N–H and O–H groups in total. The van der Waals surface area contributed by atoms with E-state index in [4.69, 9.17) is 4.74 Å². The van der Waals surface area contributed by atoms with Crippen LogP contribution in [0.4, 0.5) is 0 Å². The first-order valence-electron chi connectivity index (χ1n) is 8.04. The summed E-state index contributed by atoms with van der Waals surface area (Å²) in [5.74, 6) is -0.231. The molecule has 22 heavy (non-hydrogen) atoms. The van der Waals surface area contributed by atoms with Crippen LogP contribution in [0.3, 0.4) is 0 Å². The lowest BCUT2D eigenvalue weighted by Gasteiger charge is -2.42. The summed E-state index contributed by atoms with van der Waals surface area (Å²) in [6.45, 7) is 16.0. The molecule has 0 atom stereocenters. The average molecular weight is 339 g/mol. The number of carbonyl (C=O) groups is 1. The van der Waals surface area contributed by atoms with Gasteiger partial charge in [0.2, 0.25) is 0 Å². The van der Waals surface area contributed by atoms with E-state index in [0.29, 0.717) is 22.2 Å². The Morgan fingerprint density at radius 3 is 1.95 bits per heavy atom. The Bertz CT molecular complexity index is 502. The Morgan fingerprint density at radius 1 is 1.05 bits per heavy atom. The third-order valence-electron chi connectivity index (χ3n) is 4.53. The topological polar surface area (TPSA) is 26.3 Å². The molecule has 0 spiro atoms. The summed E-state index contributed by atoms with van der Waals surface area (Å²) in [6, 6.07) is 6.14. The van der Waals surface area contributed by atoms with Crippen molar-refractivity contribution in [2.24, 2.45) is 0 Å². The van der Waals surface area contributed by atoms with Gasteiger partial charge in [0.05, 0.1) is 12.7 Å². The first kappa shape index (κ1) is 19.3. The molecule has 0 aromatic heterocycles. The van der Waals surface area contributed by atoms with Crippen molar-refractivity contribution in [3.05, 3.63) is 29.3 Å². The number of benzene rings is 1. The molecule has 0 aliphatic carbocycles. The fourth-order valence-corrected chi connectivity index (χ4v) is 12.8. The van der Waals surface area contributed by atoms with Gasteiger partial charge in [0.1, 0.15) is 7.22 Å². The molecular weight excluding hydrogens is 308 g/mol. The average Bonchev–Trinajstić information content (AvgIpc) is 2.43. The lowest BCUT2D eigenvalue weighted by atomic mass is 10.1. The van der Waals surface area contributed by atoms with Crippen molar-refractivity contribution in [3.8, 4) is 0 Å². The van der Waals surface area contributed by atoms with Crippen LogP contribution in [-0.4, -0.2) is 20.3 Å². The number of ether oxygens (including phenoxy) is 1.